The second kappa shape index (κ2) is 6.07. The number of primary amides is 1. The Hall–Kier alpha value is -1.62. The summed E-state index contributed by atoms with van der Waals surface area (Å²) in [7, 11) is 0. The van der Waals surface area contributed by atoms with Crippen LogP contribution in [0.2, 0.25) is 5.02 Å². The van der Waals surface area contributed by atoms with Crippen LogP contribution in [0.15, 0.2) is 23.4 Å². The topological polar surface area (TPSA) is 64.7 Å². The Morgan fingerprint density at radius 3 is 3.00 bits per heavy atom. The van der Waals surface area contributed by atoms with Gasteiger partial charge in [0, 0.05) is 5.56 Å². The zero-order valence-electron chi connectivity index (χ0n) is 8.19. The fourth-order valence-corrected chi connectivity index (χ4v) is 1.14. The van der Waals surface area contributed by atoms with Gasteiger partial charge in [0.2, 0.25) is 5.91 Å². The molecule has 0 aliphatic heterocycles. The fraction of sp³-hybridized carbons (Fsp3) is 0.100. The molecular weight excluding hydrogens is 235 g/mol. The lowest BCUT2D eigenvalue weighted by atomic mass is 10.2. The van der Waals surface area contributed by atoms with E-state index in [-0.39, 0.29) is 17.2 Å². The zero-order valence-corrected chi connectivity index (χ0v) is 8.95. The summed E-state index contributed by atoms with van der Waals surface area (Å²) in [5, 5.41) is 3.64. The molecule has 1 aromatic rings. The van der Waals surface area contributed by atoms with Gasteiger partial charge in [-0.25, -0.2) is 4.39 Å². The third-order valence-electron chi connectivity index (χ3n) is 1.64. The first-order valence-corrected chi connectivity index (χ1v) is 4.70. The average molecular weight is 244 g/mol. The smallest absolute Gasteiger partial charge is 0.227 e. The Bertz CT molecular complexity index is 390. The first-order chi connectivity index (χ1) is 7.61. The van der Waals surface area contributed by atoms with Crippen LogP contribution in [-0.2, 0) is 16.2 Å². The Labute approximate surface area is 96.8 Å². The van der Waals surface area contributed by atoms with Gasteiger partial charge >= 0.3 is 0 Å². The van der Waals surface area contributed by atoms with E-state index in [1.165, 1.54) is 12.1 Å². The summed E-state index contributed by atoms with van der Waals surface area (Å²) in [5.41, 5.74) is 5.02. The van der Waals surface area contributed by atoms with E-state index in [1.54, 1.807) is 6.07 Å². The molecule has 4 nitrogen and oxygen atoms in total. The van der Waals surface area contributed by atoms with Gasteiger partial charge < -0.3 is 10.6 Å². The Balaban J connectivity index is 2.49. The van der Waals surface area contributed by atoms with Crippen LogP contribution in [0.1, 0.15) is 5.56 Å². The second-order valence-corrected chi connectivity index (χ2v) is 3.20. The SMILES string of the molecule is NC(=O)[CH]C=NOCc1c(F)cccc1Cl. The normalized spacial score (nSPS) is 10.6. The number of carbonyl (C=O) groups excluding carboxylic acids is 1. The molecule has 1 aromatic carbocycles. The lowest BCUT2D eigenvalue weighted by Gasteiger charge is -2.03. The predicted octanol–water partition coefficient (Wildman–Crippen LogP) is 1.67. The van der Waals surface area contributed by atoms with E-state index < -0.39 is 11.7 Å². The molecular formula is C10H9ClFN2O2. The lowest BCUT2D eigenvalue weighted by Crippen LogP contribution is -2.11. The maximum atomic E-state index is 13.2. The molecule has 0 heterocycles. The number of hydrogen-bond acceptors (Lipinski definition) is 3. The van der Waals surface area contributed by atoms with Crippen molar-refractivity contribution in [3.05, 3.63) is 41.0 Å². The standard InChI is InChI=1S/C10H9ClFN2O2/c11-8-2-1-3-9(12)7(8)6-16-14-5-4-10(13)15/h1-5H,6H2,(H2,13,15). The zero-order chi connectivity index (χ0) is 12.0. The Morgan fingerprint density at radius 1 is 1.62 bits per heavy atom. The van der Waals surface area contributed by atoms with Crippen LogP contribution in [0.3, 0.4) is 0 Å². The maximum Gasteiger partial charge on any atom is 0.227 e. The molecule has 0 fully saturated rings. The number of rotatable bonds is 5. The first kappa shape index (κ1) is 12.4. The van der Waals surface area contributed by atoms with Gasteiger partial charge in [-0.1, -0.05) is 22.8 Å². The van der Waals surface area contributed by atoms with Crippen LogP contribution >= 0.6 is 11.6 Å². The molecule has 85 valence electrons. The van der Waals surface area contributed by atoms with Crippen molar-refractivity contribution in [1.29, 1.82) is 0 Å². The molecule has 0 saturated carbocycles. The molecule has 1 radical (unpaired) electrons. The molecule has 0 saturated heterocycles. The fourth-order valence-electron chi connectivity index (χ4n) is 0.919. The van der Waals surface area contributed by atoms with Crippen LogP contribution < -0.4 is 5.73 Å². The van der Waals surface area contributed by atoms with Crippen LogP contribution in [0, 0.1) is 12.2 Å². The minimum atomic E-state index is -0.642. The summed E-state index contributed by atoms with van der Waals surface area (Å²) in [6.45, 7) is -0.116. The van der Waals surface area contributed by atoms with Crippen LogP contribution in [-0.4, -0.2) is 12.1 Å². The molecule has 0 aliphatic carbocycles. The monoisotopic (exact) mass is 243 g/mol. The third-order valence-corrected chi connectivity index (χ3v) is 2.00. The van der Waals surface area contributed by atoms with Gasteiger partial charge in [-0.05, 0) is 12.1 Å². The molecule has 1 rings (SSSR count). The van der Waals surface area contributed by atoms with E-state index in [1.807, 2.05) is 0 Å². The number of halogens is 2. The molecule has 0 spiro atoms. The largest absolute Gasteiger partial charge is 0.391 e. The molecule has 0 aliphatic rings. The van der Waals surface area contributed by atoms with E-state index in [0.717, 1.165) is 12.6 Å². The summed E-state index contributed by atoms with van der Waals surface area (Å²) < 4.78 is 13.2. The molecule has 0 bridgehead atoms. The molecule has 0 aromatic heterocycles. The van der Waals surface area contributed by atoms with Crippen molar-refractivity contribution in [2.45, 2.75) is 6.61 Å². The highest BCUT2D eigenvalue weighted by Crippen LogP contribution is 2.19. The number of nitrogens with zero attached hydrogens (tertiary/aromatic N) is 1. The van der Waals surface area contributed by atoms with Crippen LogP contribution in [0.4, 0.5) is 4.39 Å². The number of carbonyl (C=O) groups is 1. The number of nitrogens with two attached hydrogens (primary N) is 1. The number of amides is 1. The van der Waals surface area contributed by atoms with Crippen LogP contribution in [0.25, 0.3) is 0 Å². The van der Waals surface area contributed by atoms with Crippen molar-refractivity contribution >= 4 is 23.7 Å². The molecule has 1 amide bonds. The molecule has 0 atom stereocenters. The van der Waals surface area contributed by atoms with E-state index >= 15 is 0 Å². The van der Waals surface area contributed by atoms with Gasteiger partial charge in [-0.2, -0.15) is 0 Å². The van der Waals surface area contributed by atoms with Crippen molar-refractivity contribution < 1.29 is 14.0 Å². The summed E-state index contributed by atoms with van der Waals surface area (Å²) in [4.78, 5) is 15.0. The predicted molar refractivity (Wildman–Crippen MR) is 58.2 cm³/mol. The molecule has 2 N–H and O–H groups in total. The van der Waals surface area contributed by atoms with Gasteiger partial charge in [-0.15, -0.1) is 0 Å². The second-order valence-electron chi connectivity index (χ2n) is 2.80. The van der Waals surface area contributed by atoms with Crippen molar-refractivity contribution in [1.82, 2.24) is 0 Å². The summed E-state index contributed by atoms with van der Waals surface area (Å²) in [5.74, 6) is -1.11. The highest BCUT2D eigenvalue weighted by molar-refractivity contribution is 6.31. The van der Waals surface area contributed by atoms with Gasteiger partial charge in [0.25, 0.3) is 0 Å². The van der Waals surface area contributed by atoms with Gasteiger partial charge in [0.1, 0.15) is 12.4 Å². The van der Waals surface area contributed by atoms with E-state index in [9.17, 15) is 9.18 Å². The lowest BCUT2D eigenvalue weighted by molar-refractivity contribution is -0.114. The maximum absolute atomic E-state index is 13.2. The van der Waals surface area contributed by atoms with Gasteiger partial charge in [0.15, 0.2) is 0 Å². The Kier molecular flexibility index (Phi) is 4.72. The number of benzene rings is 1. The van der Waals surface area contributed by atoms with E-state index in [0.29, 0.717) is 0 Å². The Morgan fingerprint density at radius 2 is 2.38 bits per heavy atom. The molecule has 6 heteroatoms. The molecule has 0 unspecified atom stereocenters. The minimum absolute atomic E-state index is 0.116. The third kappa shape index (κ3) is 3.86. The molecule has 16 heavy (non-hydrogen) atoms. The van der Waals surface area contributed by atoms with E-state index in [2.05, 4.69) is 5.16 Å². The highest BCUT2D eigenvalue weighted by Gasteiger charge is 2.06. The minimum Gasteiger partial charge on any atom is -0.391 e. The van der Waals surface area contributed by atoms with Crippen molar-refractivity contribution in [2.24, 2.45) is 10.9 Å². The van der Waals surface area contributed by atoms with Crippen molar-refractivity contribution in [3.8, 4) is 0 Å². The average Bonchev–Trinajstić information content (AvgIpc) is 2.21. The highest BCUT2D eigenvalue weighted by atomic mass is 35.5. The summed E-state index contributed by atoms with van der Waals surface area (Å²) in [6.07, 6.45) is 2.10. The first-order valence-electron chi connectivity index (χ1n) is 4.32. The van der Waals surface area contributed by atoms with Gasteiger partial charge in [0.05, 0.1) is 17.7 Å². The summed E-state index contributed by atoms with van der Waals surface area (Å²) in [6, 6.07) is 4.30. The van der Waals surface area contributed by atoms with E-state index in [4.69, 9.17) is 22.2 Å². The van der Waals surface area contributed by atoms with Crippen LogP contribution in [0.5, 0.6) is 0 Å². The van der Waals surface area contributed by atoms with Crippen molar-refractivity contribution in [2.75, 3.05) is 0 Å². The van der Waals surface area contributed by atoms with Gasteiger partial charge in [-0.3, -0.25) is 4.79 Å². The summed E-state index contributed by atoms with van der Waals surface area (Å²) >= 11 is 5.74. The quantitative estimate of drug-likeness (QED) is 0.632. The van der Waals surface area contributed by atoms with Crippen molar-refractivity contribution in [3.63, 3.8) is 0 Å². The number of oxime groups is 1. The number of hydrogen-bond donors (Lipinski definition) is 1.